The highest BCUT2D eigenvalue weighted by molar-refractivity contribution is 5.40. The Labute approximate surface area is 144 Å². The summed E-state index contributed by atoms with van der Waals surface area (Å²) in [7, 11) is 0. The third-order valence-electron chi connectivity index (χ3n) is 4.19. The molecule has 1 aliphatic rings. The Morgan fingerprint density at radius 1 is 1.33 bits per heavy atom. The fourth-order valence-corrected chi connectivity index (χ4v) is 2.73. The fourth-order valence-electron chi connectivity index (χ4n) is 2.73. The molecule has 4 heteroatoms. The minimum Gasteiger partial charge on any atom is -0.508 e. The molecule has 128 valence electrons. The second kappa shape index (κ2) is 8.70. The molecule has 0 spiro atoms. The number of nitrogens with zero attached hydrogens (tertiary/aromatic N) is 1. The van der Waals surface area contributed by atoms with Gasteiger partial charge in [0.05, 0.1) is 13.2 Å². The van der Waals surface area contributed by atoms with Gasteiger partial charge in [0, 0.05) is 26.1 Å². The molecule has 1 atom stereocenters. The van der Waals surface area contributed by atoms with Crippen LogP contribution in [0.2, 0.25) is 0 Å². The zero-order valence-electron chi connectivity index (χ0n) is 14.1. The van der Waals surface area contributed by atoms with Gasteiger partial charge in [-0.1, -0.05) is 36.3 Å². The second-order valence-corrected chi connectivity index (χ2v) is 5.91. The number of allylic oxidation sites excluding steroid dienone is 1. The second-order valence-electron chi connectivity index (χ2n) is 5.91. The monoisotopic (exact) mass is 327 g/mol. The van der Waals surface area contributed by atoms with Crippen molar-refractivity contribution in [3.05, 3.63) is 53.6 Å². The highest BCUT2D eigenvalue weighted by Crippen LogP contribution is 2.24. The van der Waals surface area contributed by atoms with Crippen LogP contribution < -0.4 is 0 Å². The first kappa shape index (κ1) is 18.3. The Morgan fingerprint density at radius 3 is 2.58 bits per heavy atom. The highest BCUT2D eigenvalue weighted by atomic mass is 16.5. The van der Waals surface area contributed by atoms with E-state index in [1.165, 1.54) is 0 Å². The summed E-state index contributed by atoms with van der Waals surface area (Å²) >= 11 is 0. The predicted octanol–water partition coefficient (Wildman–Crippen LogP) is 2.13. The number of phenolic OH excluding ortho intramolecular Hbond substituents is 1. The zero-order chi connectivity index (χ0) is 17.4. The molecule has 2 rings (SSSR count). The van der Waals surface area contributed by atoms with Crippen LogP contribution in [0.1, 0.15) is 12.5 Å². The van der Waals surface area contributed by atoms with E-state index in [-0.39, 0.29) is 5.75 Å². The number of benzene rings is 1. The molecule has 1 fully saturated rings. The van der Waals surface area contributed by atoms with Gasteiger partial charge in [-0.3, -0.25) is 4.90 Å². The van der Waals surface area contributed by atoms with Gasteiger partial charge in [0.25, 0.3) is 0 Å². The van der Waals surface area contributed by atoms with Crippen molar-refractivity contribution < 1.29 is 14.9 Å². The van der Waals surface area contributed by atoms with Crippen LogP contribution >= 0.6 is 0 Å². The summed E-state index contributed by atoms with van der Waals surface area (Å²) in [5, 5.41) is 20.3. The van der Waals surface area contributed by atoms with Crippen LogP contribution in [0.3, 0.4) is 0 Å². The molecule has 1 aliphatic heterocycles. The van der Waals surface area contributed by atoms with Gasteiger partial charge in [0.2, 0.25) is 0 Å². The average Bonchev–Trinajstić information content (AvgIpc) is 2.61. The van der Waals surface area contributed by atoms with Gasteiger partial charge in [0.15, 0.2) is 5.60 Å². The predicted molar refractivity (Wildman–Crippen MR) is 95.7 cm³/mol. The standard InChI is InChI=1S/C20H25NO3/c1-3-18(6-5-11-21-12-14-24-15-13-21)20(23,4-2)16-17-7-9-19(22)10-8-17/h2-3,5-10,22-23H,11-16H2,1H3/b6-5-,18-3+. The molecule has 1 aromatic rings. The van der Waals surface area contributed by atoms with Crippen molar-refractivity contribution in [3.63, 3.8) is 0 Å². The first-order valence-electron chi connectivity index (χ1n) is 8.19. The summed E-state index contributed by atoms with van der Waals surface area (Å²) in [6.07, 6.45) is 11.7. The van der Waals surface area contributed by atoms with E-state index in [2.05, 4.69) is 10.8 Å². The summed E-state index contributed by atoms with van der Waals surface area (Å²) < 4.78 is 5.33. The smallest absolute Gasteiger partial charge is 0.154 e. The summed E-state index contributed by atoms with van der Waals surface area (Å²) in [5.41, 5.74) is 0.202. The van der Waals surface area contributed by atoms with Gasteiger partial charge in [0.1, 0.15) is 5.75 Å². The van der Waals surface area contributed by atoms with Gasteiger partial charge in [-0.2, -0.15) is 0 Å². The van der Waals surface area contributed by atoms with Crippen molar-refractivity contribution in [1.82, 2.24) is 4.90 Å². The lowest BCUT2D eigenvalue weighted by Crippen LogP contribution is -2.36. The molecule has 1 aromatic carbocycles. The maximum Gasteiger partial charge on any atom is 0.154 e. The van der Waals surface area contributed by atoms with Crippen molar-refractivity contribution >= 4 is 0 Å². The number of hydrogen-bond acceptors (Lipinski definition) is 4. The van der Waals surface area contributed by atoms with Crippen molar-refractivity contribution in [1.29, 1.82) is 0 Å². The third kappa shape index (κ3) is 4.97. The van der Waals surface area contributed by atoms with E-state index in [1.807, 2.05) is 25.2 Å². The average molecular weight is 327 g/mol. The molecule has 0 aliphatic carbocycles. The molecule has 1 saturated heterocycles. The Bertz CT molecular complexity index is 621. The van der Waals surface area contributed by atoms with Crippen molar-refractivity contribution in [2.24, 2.45) is 0 Å². The SMILES string of the molecule is C#CC(O)(Cc1ccc(O)cc1)C(/C=C\CN1CCOCC1)=C/C. The van der Waals surface area contributed by atoms with Crippen LogP contribution in [0.4, 0.5) is 0 Å². The van der Waals surface area contributed by atoms with E-state index in [9.17, 15) is 10.2 Å². The van der Waals surface area contributed by atoms with Crippen LogP contribution in [0.5, 0.6) is 5.75 Å². The number of terminal acetylenes is 1. The van der Waals surface area contributed by atoms with E-state index in [4.69, 9.17) is 11.2 Å². The summed E-state index contributed by atoms with van der Waals surface area (Å²) in [6.45, 7) is 6.04. The highest BCUT2D eigenvalue weighted by Gasteiger charge is 2.27. The van der Waals surface area contributed by atoms with Crippen LogP contribution in [0, 0.1) is 12.3 Å². The Hall–Kier alpha value is -2.06. The number of aliphatic hydroxyl groups is 1. The van der Waals surface area contributed by atoms with Crippen LogP contribution in [0.15, 0.2) is 48.1 Å². The lowest BCUT2D eigenvalue weighted by Gasteiger charge is -2.26. The molecule has 4 nitrogen and oxygen atoms in total. The molecule has 24 heavy (non-hydrogen) atoms. The Balaban J connectivity index is 2.04. The number of rotatable bonds is 6. The third-order valence-corrected chi connectivity index (χ3v) is 4.19. The van der Waals surface area contributed by atoms with Crippen LogP contribution in [0.25, 0.3) is 0 Å². The molecule has 0 radical (unpaired) electrons. The van der Waals surface area contributed by atoms with E-state index >= 15 is 0 Å². The molecular weight excluding hydrogens is 302 g/mol. The molecule has 0 aromatic heterocycles. The maximum atomic E-state index is 10.9. The molecule has 1 unspecified atom stereocenters. The minimum atomic E-state index is -1.37. The van der Waals surface area contributed by atoms with Gasteiger partial charge in [-0.15, -0.1) is 6.42 Å². The molecule has 0 amide bonds. The number of phenols is 1. The first-order valence-corrected chi connectivity index (χ1v) is 8.19. The van der Waals surface area contributed by atoms with E-state index in [1.54, 1.807) is 24.3 Å². The Morgan fingerprint density at radius 2 is 2.00 bits per heavy atom. The van der Waals surface area contributed by atoms with Crippen molar-refractivity contribution in [2.75, 3.05) is 32.8 Å². The summed E-state index contributed by atoms with van der Waals surface area (Å²) in [5.74, 6) is 2.72. The fraction of sp³-hybridized carbons (Fsp3) is 0.400. The molecule has 0 saturated carbocycles. The number of aromatic hydroxyl groups is 1. The van der Waals surface area contributed by atoms with Crippen molar-refractivity contribution in [2.45, 2.75) is 18.9 Å². The van der Waals surface area contributed by atoms with Gasteiger partial charge in [-0.05, 0) is 30.2 Å². The number of hydrogen-bond donors (Lipinski definition) is 2. The summed E-state index contributed by atoms with van der Waals surface area (Å²) in [4.78, 5) is 2.29. The van der Waals surface area contributed by atoms with Gasteiger partial charge in [-0.25, -0.2) is 0 Å². The largest absolute Gasteiger partial charge is 0.508 e. The van der Waals surface area contributed by atoms with E-state index < -0.39 is 5.60 Å². The lowest BCUT2D eigenvalue weighted by molar-refractivity contribution is 0.0434. The molecule has 1 heterocycles. The maximum absolute atomic E-state index is 10.9. The first-order chi connectivity index (χ1) is 11.6. The zero-order valence-corrected chi connectivity index (χ0v) is 14.1. The van der Waals surface area contributed by atoms with Gasteiger partial charge >= 0.3 is 0 Å². The summed E-state index contributed by atoms with van der Waals surface area (Å²) in [6, 6.07) is 6.72. The quantitative estimate of drug-likeness (QED) is 0.621. The molecule has 2 N–H and O–H groups in total. The van der Waals surface area contributed by atoms with Crippen LogP contribution in [-0.4, -0.2) is 53.6 Å². The number of ether oxygens (including phenoxy) is 1. The Kier molecular flexibility index (Phi) is 6.62. The number of morpholine rings is 1. The minimum absolute atomic E-state index is 0.194. The normalized spacial score (nSPS) is 19.1. The van der Waals surface area contributed by atoms with Gasteiger partial charge < -0.3 is 14.9 Å². The topological polar surface area (TPSA) is 52.9 Å². The lowest BCUT2D eigenvalue weighted by atomic mass is 9.87. The molecular formula is C20H25NO3. The van der Waals surface area contributed by atoms with Crippen molar-refractivity contribution in [3.8, 4) is 18.1 Å². The molecule has 0 bridgehead atoms. The van der Waals surface area contributed by atoms with Crippen LogP contribution in [-0.2, 0) is 11.2 Å². The van der Waals surface area contributed by atoms with E-state index in [0.717, 1.165) is 38.4 Å². The van der Waals surface area contributed by atoms with E-state index in [0.29, 0.717) is 12.0 Å².